The van der Waals surface area contributed by atoms with E-state index in [4.69, 9.17) is 74.3 Å². The Labute approximate surface area is 180 Å². The molecule has 1 amide bonds. The highest BCUT2D eigenvalue weighted by molar-refractivity contribution is 6.68. The third kappa shape index (κ3) is 6.41. The lowest BCUT2D eigenvalue weighted by Crippen LogP contribution is -2.47. The van der Waals surface area contributed by atoms with E-state index in [9.17, 15) is 4.79 Å². The summed E-state index contributed by atoms with van der Waals surface area (Å²) in [6, 6.07) is 12.0. The molecule has 138 valence electrons. The highest BCUT2D eigenvalue weighted by Gasteiger charge is 2.36. The summed E-state index contributed by atoms with van der Waals surface area (Å²) in [5.74, 6) is -0.507. The molecular weight excluding hydrogens is 463 g/mol. The first-order valence-electron chi connectivity index (χ1n) is 7.08. The maximum Gasteiger partial charge on any atom is 0.246 e. The van der Waals surface area contributed by atoms with Crippen LogP contribution in [-0.2, 0) is 4.79 Å². The van der Waals surface area contributed by atoms with Gasteiger partial charge in [-0.2, -0.15) is 0 Å². The second-order valence-corrected chi connectivity index (χ2v) is 8.61. The molecule has 9 heteroatoms. The zero-order chi connectivity index (χ0) is 19.3. The number of hydrogen-bond donors (Lipinski definition) is 1. The molecule has 26 heavy (non-hydrogen) atoms. The third-order valence-electron chi connectivity index (χ3n) is 3.00. The Morgan fingerprint density at radius 3 is 2.15 bits per heavy atom. The van der Waals surface area contributed by atoms with Crippen molar-refractivity contribution in [2.24, 2.45) is 0 Å². The first kappa shape index (κ1) is 21.5. The van der Waals surface area contributed by atoms with Gasteiger partial charge in [-0.25, -0.2) is 0 Å². The van der Waals surface area contributed by atoms with E-state index in [1.807, 2.05) is 30.3 Å². The molecule has 0 aromatic heterocycles. The van der Waals surface area contributed by atoms with Crippen LogP contribution in [0.2, 0.25) is 15.1 Å². The van der Waals surface area contributed by atoms with E-state index in [0.717, 1.165) is 5.56 Å². The molecule has 0 heterocycles. The maximum absolute atomic E-state index is 12.1. The van der Waals surface area contributed by atoms with Crippen LogP contribution in [-0.4, -0.2) is 15.9 Å². The largest absolute Gasteiger partial charge is 0.463 e. The molecule has 0 aliphatic carbocycles. The molecule has 1 N–H and O–H groups in total. The fourth-order valence-electron chi connectivity index (χ4n) is 1.85. The van der Waals surface area contributed by atoms with Gasteiger partial charge >= 0.3 is 0 Å². The number of amides is 1. The normalized spacial score (nSPS) is 12.8. The maximum atomic E-state index is 12.1. The van der Waals surface area contributed by atoms with E-state index < -0.39 is 15.9 Å². The van der Waals surface area contributed by atoms with E-state index in [1.165, 1.54) is 18.2 Å². The van der Waals surface area contributed by atoms with Gasteiger partial charge in [-0.3, -0.25) is 4.79 Å². The van der Waals surface area contributed by atoms with Gasteiger partial charge in [0.25, 0.3) is 0 Å². The number of alkyl halides is 3. The molecule has 0 fully saturated rings. The van der Waals surface area contributed by atoms with E-state index in [0.29, 0.717) is 5.02 Å². The van der Waals surface area contributed by atoms with Gasteiger partial charge in [0.1, 0.15) is 0 Å². The minimum atomic E-state index is -1.98. The van der Waals surface area contributed by atoms with Crippen LogP contribution in [0.25, 0.3) is 6.08 Å². The molecule has 0 spiro atoms. The highest BCUT2D eigenvalue weighted by Crippen LogP contribution is 2.39. The second-order valence-electron chi connectivity index (χ2n) is 4.99. The van der Waals surface area contributed by atoms with Gasteiger partial charge in [0.15, 0.2) is 5.75 Å². The number of nitrogens with one attached hydrogen (secondary N) is 1. The summed E-state index contributed by atoms with van der Waals surface area (Å²) in [5, 5.41) is 2.98. The van der Waals surface area contributed by atoms with Crippen LogP contribution < -0.4 is 10.1 Å². The molecule has 0 radical (unpaired) electrons. The van der Waals surface area contributed by atoms with E-state index in [2.05, 4.69) is 5.32 Å². The summed E-state index contributed by atoms with van der Waals surface area (Å²) < 4.78 is 3.55. The van der Waals surface area contributed by atoms with E-state index in [-0.39, 0.29) is 15.8 Å². The molecule has 1 unspecified atom stereocenters. The Bertz CT molecular complexity index is 782. The first-order valence-corrected chi connectivity index (χ1v) is 9.35. The van der Waals surface area contributed by atoms with Crippen molar-refractivity contribution in [3.05, 3.63) is 69.2 Å². The average Bonchev–Trinajstić information content (AvgIpc) is 2.55. The van der Waals surface area contributed by atoms with Crippen molar-refractivity contribution in [2.75, 3.05) is 0 Å². The SMILES string of the molecule is O=C(C=Cc1ccccc1)NC(Oc1c(Cl)cc(Cl)cc1Cl)C(Cl)(Cl)Cl. The number of carbonyl (C=O) groups excluding carboxylic acids is 1. The van der Waals surface area contributed by atoms with Gasteiger partial charge < -0.3 is 10.1 Å². The monoisotopic (exact) mass is 471 g/mol. The van der Waals surface area contributed by atoms with Crippen LogP contribution in [0.1, 0.15) is 5.56 Å². The minimum Gasteiger partial charge on any atom is -0.463 e. The van der Waals surface area contributed by atoms with Crippen LogP contribution in [0, 0.1) is 0 Å². The van der Waals surface area contributed by atoms with E-state index in [1.54, 1.807) is 6.08 Å². The van der Waals surface area contributed by atoms with Crippen LogP contribution in [0.5, 0.6) is 5.75 Å². The minimum absolute atomic E-state index is 0.0291. The Kier molecular flexibility index (Phi) is 7.77. The van der Waals surface area contributed by atoms with Crippen LogP contribution in [0.4, 0.5) is 0 Å². The van der Waals surface area contributed by atoms with Crippen molar-refractivity contribution < 1.29 is 9.53 Å². The Balaban J connectivity index is 2.16. The predicted octanol–water partition coefficient (Wildman–Crippen LogP) is 6.55. The summed E-state index contributed by atoms with van der Waals surface area (Å²) in [6.07, 6.45) is 1.54. The molecule has 0 aliphatic heterocycles. The molecule has 3 nitrogen and oxygen atoms in total. The van der Waals surface area contributed by atoms with Crippen LogP contribution in [0.3, 0.4) is 0 Å². The van der Waals surface area contributed by atoms with Crippen molar-refractivity contribution in [1.29, 1.82) is 0 Å². The molecule has 0 saturated heterocycles. The lowest BCUT2D eigenvalue weighted by molar-refractivity contribution is -0.118. The summed E-state index contributed by atoms with van der Waals surface area (Å²) in [4.78, 5) is 12.1. The van der Waals surface area contributed by atoms with Crippen LogP contribution in [0.15, 0.2) is 48.5 Å². The summed E-state index contributed by atoms with van der Waals surface area (Å²) in [7, 11) is 0. The lowest BCUT2D eigenvalue weighted by atomic mass is 10.2. The zero-order valence-electron chi connectivity index (χ0n) is 12.9. The number of carbonyl (C=O) groups is 1. The Hall–Kier alpha value is -0.810. The smallest absolute Gasteiger partial charge is 0.246 e. The Morgan fingerprint density at radius 1 is 1.04 bits per heavy atom. The average molecular weight is 474 g/mol. The highest BCUT2D eigenvalue weighted by atomic mass is 35.6. The fourth-order valence-corrected chi connectivity index (χ4v) is 3.05. The fraction of sp³-hybridized carbons (Fsp3) is 0.118. The van der Waals surface area contributed by atoms with Gasteiger partial charge in [-0.05, 0) is 23.8 Å². The molecule has 2 aromatic rings. The lowest BCUT2D eigenvalue weighted by Gasteiger charge is -2.26. The van der Waals surface area contributed by atoms with Crippen molar-refractivity contribution in [2.45, 2.75) is 10.0 Å². The number of ether oxygens (including phenoxy) is 1. The molecule has 0 saturated carbocycles. The quantitative estimate of drug-likeness (QED) is 0.303. The van der Waals surface area contributed by atoms with Gasteiger partial charge in [-0.1, -0.05) is 99.9 Å². The molecule has 0 bridgehead atoms. The van der Waals surface area contributed by atoms with Gasteiger partial charge in [0, 0.05) is 11.1 Å². The number of hydrogen-bond acceptors (Lipinski definition) is 2. The topological polar surface area (TPSA) is 38.3 Å². The van der Waals surface area contributed by atoms with Crippen molar-refractivity contribution in [3.63, 3.8) is 0 Å². The molecule has 1 atom stereocenters. The summed E-state index contributed by atoms with van der Waals surface area (Å²) in [6.45, 7) is 0. The molecule has 2 aromatic carbocycles. The van der Waals surface area contributed by atoms with Crippen LogP contribution >= 0.6 is 69.6 Å². The summed E-state index contributed by atoms with van der Waals surface area (Å²) in [5.41, 5.74) is 0.831. The van der Waals surface area contributed by atoms with Gasteiger partial charge in [-0.15, -0.1) is 0 Å². The number of benzene rings is 2. The van der Waals surface area contributed by atoms with Crippen molar-refractivity contribution >= 4 is 81.6 Å². The first-order chi connectivity index (χ1) is 12.2. The zero-order valence-corrected chi connectivity index (χ0v) is 17.4. The number of halogens is 6. The van der Waals surface area contributed by atoms with Gasteiger partial charge in [0.2, 0.25) is 15.9 Å². The van der Waals surface area contributed by atoms with Crippen molar-refractivity contribution in [3.8, 4) is 5.75 Å². The number of rotatable bonds is 5. The van der Waals surface area contributed by atoms with Gasteiger partial charge in [0.05, 0.1) is 10.0 Å². The standard InChI is InChI=1S/C17H11Cl6NO2/c18-11-8-12(19)15(13(20)9-11)26-16(17(21,22)23)24-14(25)7-6-10-4-2-1-3-5-10/h1-9,16H,(H,24,25). The third-order valence-corrected chi connectivity index (χ3v) is 4.37. The Morgan fingerprint density at radius 2 is 1.62 bits per heavy atom. The predicted molar refractivity (Wildman–Crippen MR) is 110 cm³/mol. The summed E-state index contributed by atoms with van der Waals surface area (Å²) >= 11 is 35.7. The second kappa shape index (κ2) is 9.41. The molecular formula is C17H11Cl6NO2. The van der Waals surface area contributed by atoms with E-state index >= 15 is 0 Å². The van der Waals surface area contributed by atoms with Crippen molar-refractivity contribution in [1.82, 2.24) is 5.32 Å². The molecule has 0 aliphatic rings. The molecule has 2 rings (SSSR count).